The van der Waals surface area contributed by atoms with Gasteiger partial charge in [-0.15, -0.1) is 10.2 Å². The van der Waals surface area contributed by atoms with Crippen molar-refractivity contribution in [3.05, 3.63) is 92.5 Å². The summed E-state index contributed by atoms with van der Waals surface area (Å²) in [6.45, 7) is 4.62. The van der Waals surface area contributed by atoms with E-state index >= 15 is 0 Å². The van der Waals surface area contributed by atoms with Crippen LogP contribution in [-0.2, 0) is 17.6 Å². The highest BCUT2D eigenvalue weighted by molar-refractivity contribution is 7.99. The molecular formula is C27H30N6O4S. The maximum absolute atomic E-state index is 12.7. The molecule has 10 nitrogen and oxygen atoms in total. The Hall–Kier alpha value is -4.12. The van der Waals surface area contributed by atoms with Crippen molar-refractivity contribution >= 4 is 23.4 Å². The first kappa shape index (κ1) is 26.9. The fourth-order valence-electron chi connectivity index (χ4n) is 3.87. The first-order valence-corrected chi connectivity index (χ1v) is 13.5. The van der Waals surface area contributed by atoms with Crippen LogP contribution in [0.4, 0.5) is 5.69 Å². The molecule has 0 fully saturated rings. The smallest absolute Gasteiger partial charge is 0.325 e. The van der Waals surface area contributed by atoms with Crippen molar-refractivity contribution < 1.29 is 9.53 Å². The lowest BCUT2D eigenvalue weighted by Crippen LogP contribution is -2.23. The second-order valence-corrected chi connectivity index (χ2v) is 9.53. The number of hydrogen-bond acceptors (Lipinski definition) is 7. The van der Waals surface area contributed by atoms with Crippen LogP contribution in [-0.4, -0.2) is 43.0 Å². The van der Waals surface area contributed by atoms with Crippen LogP contribution < -0.4 is 21.3 Å². The van der Waals surface area contributed by atoms with Gasteiger partial charge in [0.1, 0.15) is 11.6 Å². The van der Waals surface area contributed by atoms with E-state index < -0.39 is 11.2 Å². The third kappa shape index (κ3) is 7.22. The summed E-state index contributed by atoms with van der Waals surface area (Å²) in [7, 11) is 0. The molecule has 11 heteroatoms. The van der Waals surface area contributed by atoms with E-state index in [0.717, 1.165) is 36.4 Å². The van der Waals surface area contributed by atoms with E-state index in [-0.39, 0.29) is 18.1 Å². The fourth-order valence-corrected chi connectivity index (χ4v) is 4.64. The zero-order chi connectivity index (χ0) is 26.9. The molecule has 2 heterocycles. The molecule has 0 aliphatic rings. The van der Waals surface area contributed by atoms with Crippen molar-refractivity contribution in [2.75, 3.05) is 17.7 Å². The van der Waals surface area contributed by atoms with E-state index in [0.29, 0.717) is 23.3 Å². The molecule has 0 saturated carbocycles. The number of thioether (sulfide) groups is 1. The van der Waals surface area contributed by atoms with Crippen molar-refractivity contribution in [3.8, 4) is 11.4 Å². The van der Waals surface area contributed by atoms with Crippen LogP contribution in [0.25, 0.3) is 5.69 Å². The van der Waals surface area contributed by atoms with E-state index in [4.69, 9.17) is 4.74 Å². The Bertz CT molecular complexity index is 1450. The van der Waals surface area contributed by atoms with E-state index in [9.17, 15) is 14.4 Å². The van der Waals surface area contributed by atoms with Gasteiger partial charge in [-0.1, -0.05) is 37.2 Å². The summed E-state index contributed by atoms with van der Waals surface area (Å²) in [6, 6.07) is 16.6. The number of hydrogen-bond donors (Lipinski definition) is 3. The summed E-state index contributed by atoms with van der Waals surface area (Å²) in [5.74, 6) is 1.17. The highest BCUT2D eigenvalue weighted by Crippen LogP contribution is 2.25. The lowest BCUT2D eigenvalue weighted by atomic mass is 10.1. The number of rotatable bonds is 12. The Labute approximate surface area is 223 Å². The second-order valence-electron chi connectivity index (χ2n) is 8.59. The highest BCUT2D eigenvalue weighted by atomic mass is 32.2. The number of amides is 1. The normalized spacial score (nSPS) is 10.9. The maximum atomic E-state index is 12.7. The molecule has 4 aromatic rings. The predicted octanol–water partition coefficient (Wildman–Crippen LogP) is 3.71. The minimum Gasteiger partial charge on any atom is -0.494 e. The number of unbranched alkanes of at least 4 members (excludes halogenated alkanes) is 1. The highest BCUT2D eigenvalue weighted by Gasteiger charge is 2.17. The lowest BCUT2D eigenvalue weighted by Gasteiger charge is -2.12. The van der Waals surface area contributed by atoms with Gasteiger partial charge in [0.05, 0.1) is 12.4 Å². The van der Waals surface area contributed by atoms with Crippen molar-refractivity contribution in [2.24, 2.45) is 0 Å². The molecule has 2 aromatic carbocycles. The number of aryl methyl sites for hydroxylation is 1. The molecule has 198 valence electrons. The van der Waals surface area contributed by atoms with Crippen LogP contribution in [0.1, 0.15) is 43.8 Å². The van der Waals surface area contributed by atoms with Gasteiger partial charge < -0.3 is 15.0 Å². The molecule has 0 spiro atoms. The number of aromatic amines is 2. The molecule has 0 aliphatic heterocycles. The monoisotopic (exact) mass is 534 g/mol. The number of aromatic nitrogens is 5. The molecule has 0 bridgehead atoms. The zero-order valence-corrected chi connectivity index (χ0v) is 22.1. The average molecular weight is 535 g/mol. The number of benzene rings is 2. The Morgan fingerprint density at radius 1 is 1.03 bits per heavy atom. The topological polar surface area (TPSA) is 135 Å². The molecule has 0 radical (unpaired) electrons. The minimum atomic E-state index is -0.593. The molecule has 1 amide bonds. The summed E-state index contributed by atoms with van der Waals surface area (Å²) >= 11 is 1.24. The molecule has 0 aliphatic carbocycles. The first-order valence-electron chi connectivity index (χ1n) is 12.5. The number of nitrogens with one attached hydrogen (secondary N) is 3. The Morgan fingerprint density at radius 3 is 2.47 bits per heavy atom. The Morgan fingerprint density at radius 2 is 1.79 bits per heavy atom. The van der Waals surface area contributed by atoms with E-state index in [1.807, 2.05) is 55.5 Å². The maximum Gasteiger partial charge on any atom is 0.325 e. The van der Waals surface area contributed by atoms with Crippen LogP contribution in [0.5, 0.6) is 5.75 Å². The molecule has 0 atom stereocenters. The van der Waals surface area contributed by atoms with E-state index in [1.54, 1.807) is 4.57 Å². The van der Waals surface area contributed by atoms with E-state index in [2.05, 4.69) is 32.4 Å². The molecule has 4 rings (SSSR count). The third-order valence-electron chi connectivity index (χ3n) is 5.66. The zero-order valence-electron chi connectivity index (χ0n) is 21.3. The molecule has 0 saturated heterocycles. The molecule has 3 N–H and O–H groups in total. The molecular weight excluding hydrogens is 504 g/mol. The Balaban J connectivity index is 1.52. The lowest BCUT2D eigenvalue weighted by molar-refractivity contribution is -0.113. The van der Waals surface area contributed by atoms with Gasteiger partial charge >= 0.3 is 5.69 Å². The number of carbonyl (C=O) groups is 1. The summed E-state index contributed by atoms with van der Waals surface area (Å²) in [4.78, 5) is 41.0. The fraction of sp³-hybridized carbons (Fsp3) is 0.296. The van der Waals surface area contributed by atoms with Gasteiger partial charge in [0.25, 0.3) is 5.56 Å². The Kier molecular flexibility index (Phi) is 9.15. The van der Waals surface area contributed by atoms with Gasteiger partial charge in [-0.25, -0.2) is 4.79 Å². The summed E-state index contributed by atoms with van der Waals surface area (Å²) in [5, 5.41) is 12.0. The van der Waals surface area contributed by atoms with Crippen LogP contribution >= 0.6 is 11.8 Å². The minimum absolute atomic E-state index is 0.120. The second kappa shape index (κ2) is 12.9. The standard InChI is InChI=1S/C27H30N6O4S/c1-3-5-6-18-7-9-19(10-8-18)28-25(35)17-38-27-32-31-23(15-20-16-24(34)30-26(36)29-20)33(27)21-11-13-22(14-12-21)37-4-2/h7-14,16H,3-6,15,17H2,1-2H3,(H,28,35)(H2,29,30,34,36). The summed E-state index contributed by atoms with van der Waals surface area (Å²) in [6.07, 6.45) is 3.46. The van der Waals surface area contributed by atoms with Crippen LogP contribution in [0.2, 0.25) is 0 Å². The van der Waals surface area contributed by atoms with Gasteiger partial charge in [-0.05, 0) is 61.7 Å². The van der Waals surface area contributed by atoms with Crippen molar-refractivity contribution in [1.29, 1.82) is 0 Å². The number of H-pyrrole nitrogens is 2. The van der Waals surface area contributed by atoms with Crippen molar-refractivity contribution in [1.82, 2.24) is 24.7 Å². The summed E-state index contributed by atoms with van der Waals surface area (Å²) < 4.78 is 7.35. The van der Waals surface area contributed by atoms with E-state index in [1.165, 1.54) is 23.4 Å². The largest absolute Gasteiger partial charge is 0.494 e. The van der Waals surface area contributed by atoms with Crippen molar-refractivity contribution in [2.45, 2.75) is 44.7 Å². The predicted molar refractivity (Wildman–Crippen MR) is 147 cm³/mol. The van der Waals surface area contributed by atoms with Crippen LogP contribution in [0.15, 0.2) is 69.3 Å². The number of anilines is 1. The number of carbonyl (C=O) groups excluding carboxylic acids is 1. The average Bonchev–Trinajstić information content (AvgIpc) is 3.29. The van der Waals surface area contributed by atoms with Crippen LogP contribution in [0.3, 0.4) is 0 Å². The SMILES string of the molecule is CCCCc1ccc(NC(=O)CSc2nnc(Cc3cc(=O)[nH]c(=O)[nH]3)n2-c2ccc(OCC)cc2)cc1. The third-order valence-corrected chi connectivity index (χ3v) is 6.59. The van der Waals surface area contributed by atoms with Gasteiger partial charge in [-0.2, -0.15) is 0 Å². The number of nitrogens with zero attached hydrogens (tertiary/aromatic N) is 3. The molecule has 0 unspecified atom stereocenters. The van der Waals surface area contributed by atoms with Gasteiger partial charge in [0.2, 0.25) is 5.91 Å². The van der Waals surface area contributed by atoms with Gasteiger partial charge in [-0.3, -0.25) is 19.1 Å². The molecule has 38 heavy (non-hydrogen) atoms. The number of ether oxygens (including phenoxy) is 1. The first-order chi connectivity index (χ1) is 18.4. The molecule has 2 aromatic heterocycles. The van der Waals surface area contributed by atoms with Crippen molar-refractivity contribution in [3.63, 3.8) is 0 Å². The summed E-state index contributed by atoms with van der Waals surface area (Å²) in [5.41, 5.74) is 2.05. The van der Waals surface area contributed by atoms with Gasteiger partial charge in [0.15, 0.2) is 5.16 Å². The quantitative estimate of drug-likeness (QED) is 0.236. The van der Waals surface area contributed by atoms with Crippen LogP contribution in [0, 0.1) is 0 Å². The van der Waals surface area contributed by atoms with Gasteiger partial charge in [0, 0.05) is 29.6 Å².